The van der Waals surface area contributed by atoms with Crippen molar-refractivity contribution in [3.8, 4) is 12.1 Å². The van der Waals surface area contributed by atoms with Crippen molar-refractivity contribution in [1.82, 2.24) is 5.32 Å². The maximum absolute atomic E-state index is 9.83. The summed E-state index contributed by atoms with van der Waals surface area (Å²) in [5.74, 6) is -0.537. The highest BCUT2D eigenvalue weighted by Gasteiger charge is 2.34. The SMILES string of the molecule is N#CC1=C(N)NC(Sc2ccccc2)=C(C#N)C1c1c(Cl)cccc1Cl. The second-order valence-electron chi connectivity index (χ2n) is 5.40. The minimum absolute atomic E-state index is 0.186. The van der Waals surface area contributed by atoms with Gasteiger partial charge < -0.3 is 11.1 Å². The molecule has 3 rings (SSSR count). The Bertz CT molecular complexity index is 980. The third kappa shape index (κ3) is 3.38. The van der Waals surface area contributed by atoms with E-state index < -0.39 is 5.92 Å². The Morgan fingerprint density at radius 2 is 1.54 bits per heavy atom. The average Bonchev–Trinajstić information content (AvgIpc) is 2.62. The van der Waals surface area contributed by atoms with Gasteiger partial charge in [-0.3, -0.25) is 0 Å². The molecule has 0 radical (unpaired) electrons. The van der Waals surface area contributed by atoms with E-state index in [1.165, 1.54) is 11.8 Å². The fourth-order valence-electron chi connectivity index (χ4n) is 2.69. The quantitative estimate of drug-likeness (QED) is 0.767. The summed E-state index contributed by atoms with van der Waals surface area (Å²) in [4.78, 5) is 0.931. The summed E-state index contributed by atoms with van der Waals surface area (Å²) >= 11 is 14.1. The molecule has 1 heterocycles. The van der Waals surface area contributed by atoms with Crippen molar-refractivity contribution < 1.29 is 0 Å². The van der Waals surface area contributed by atoms with Gasteiger partial charge in [-0.15, -0.1) is 0 Å². The molecule has 0 spiro atoms. The molecular weight excluding hydrogens is 387 g/mol. The maximum Gasteiger partial charge on any atom is 0.116 e. The van der Waals surface area contributed by atoms with Crippen molar-refractivity contribution in [2.45, 2.75) is 10.8 Å². The molecule has 2 aromatic carbocycles. The summed E-state index contributed by atoms with van der Waals surface area (Å²) in [7, 11) is 0. The topological polar surface area (TPSA) is 85.6 Å². The molecule has 0 saturated heterocycles. The lowest BCUT2D eigenvalue weighted by molar-refractivity contribution is 0.840. The van der Waals surface area contributed by atoms with Crippen molar-refractivity contribution in [2.24, 2.45) is 5.73 Å². The Hall–Kier alpha value is -2.57. The summed E-state index contributed by atoms with van der Waals surface area (Å²) in [5, 5.41) is 23.7. The Labute approximate surface area is 165 Å². The number of benzene rings is 2. The van der Waals surface area contributed by atoms with Crippen molar-refractivity contribution in [2.75, 3.05) is 0 Å². The van der Waals surface area contributed by atoms with Crippen LogP contribution in [0.15, 0.2) is 75.4 Å². The number of nitrogens with two attached hydrogens (primary N) is 1. The van der Waals surface area contributed by atoms with E-state index in [-0.39, 0.29) is 11.4 Å². The van der Waals surface area contributed by atoms with E-state index in [0.717, 1.165) is 4.90 Å². The van der Waals surface area contributed by atoms with Crippen LogP contribution in [0.25, 0.3) is 0 Å². The van der Waals surface area contributed by atoms with E-state index in [0.29, 0.717) is 26.2 Å². The summed E-state index contributed by atoms with van der Waals surface area (Å²) in [6.07, 6.45) is 0. The summed E-state index contributed by atoms with van der Waals surface area (Å²) in [6, 6.07) is 18.9. The van der Waals surface area contributed by atoms with Crippen LogP contribution in [0.2, 0.25) is 10.0 Å². The Morgan fingerprint density at radius 3 is 2.12 bits per heavy atom. The van der Waals surface area contributed by atoms with Gasteiger partial charge in [0.25, 0.3) is 0 Å². The van der Waals surface area contributed by atoms with Crippen LogP contribution in [0.1, 0.15) is 11.5 Å². The Morgan fingerprint density at radius 1 is 0.923 bits per heavy atom. The van der Waals surface area contributed by atoms with Gasteiger partial charge in [-0.25, -0.2) is 0 Å². The number of hydrogen-bond donors (Lipinski definition) is 2. The zero-order valence-corrected chi connectivity index (χ0v) is 15.7. The van der Waals surface area contributed by atoms with Gasteiger partial charge in [-0.1, -0.05) is 59.2 Å². The maximum atomic E-state index is 9.83. The number of hydrogen-bond acceptors (Lipinski definition) is 5. The molecule has 1 atom stereocenters. The zero-order valence-electron chi connectivity index (χ0n) is 13.3. The van der Waals surface area contributed by atoms with Crippen molar-refractivity contribution >= 4 is 35.0 Å². The van der Waals surface area contributed by atoms with Crippen molar-refractivity contribution in [3.05, 3.63) is 86.1 Å². The molecule has 2 aromatic rings. The number of dihydropyridines is 1. The lowest BCUT2D eigenvalue weighted by Crippen LogP contribution is -2.29. The average molecular weight is 399 g/mol. The second-order valence-corrected chi connectivity index (χ2v) is 7.30. The highest BCUT2D eigenvalue weighted by atomic mass is 35.5. The third-order valence-electron chi connectivity index (χ3n) is 3.85. The first kappa shape index (κ1) is 18.2. The fraction of sp³-hybridized carbons (Fsp3) is 0.0526. The predicted octanol–water partition coefficient (Wildman–Crippen LogP) is 4.90. The fourth-order valence-corrected chi connectivity index (χ4v) is 4.27. The molecule has 0 aromatic heterocycles. The highest BCUT2D eigenvalue weighted by molar-refractivity contribution is 8.03. The minimum atomic E-state index is -0.723. The monoisotopic (exact) mass is 398 g/mol. The van der Waals surface area contributed by atoms with Gasteiger partial charge in [0.15, 0.2) is 0 Å². The number of nitrogens with zero attached hydrogens (tertiary/aromatic N) is 2. The van der Waals surface area contributed by atoms with Gasteiger partial charge in [-0.2, -0.15) is 10.5 Å². The molecule has 0 amide bonds. The molecule has 0 bridgehead atoms. The minimum Gasteiger partial charge on any atom is -0.384 e. The standard InChI is InChI=1S/C19H12Cl2N4S/c20-14-7-4-8-15(21)17(14)16-12(9-22)18(24)25-19(13(16)10-23)26-11-5-2-1-3-6-11/h1-8,16,25H,24H2. The smallest absolute Gasteiger partial charge is 0.116 e. The molecule has 0 aliphatic carbocycles. The van der Waals surface area contributed by atoms with Crippen LogP contribution in [-0.2, 0) is 0 Å². The third-order valence-corrected chi connectivity index (χ3v) is 5.55. The van der Waals surface area contributed by atoms with Crippen LogP contribution in [0.3, 0.4) is 0 Å². The van der Waals surface area contributed by atoms with Crippen molar-refractivity contribution in [1.29, 1.82) is 10.5 Å². The van der Waals surface area contributed by atoms with Crippen LogP contribution in [0.5, 0.6) is 0 Å². The number of thioether (sulfide) groups is 1. The molecule has 0 saturated carbocycles. The van der Waals surface area contributed by atoms with E-state index in [4.69, 9.17) is 28.9 Å². The molecule has 4 nitrogen and oxygen atoms in total. The van der Waals surface area contributed by atoms with Crippen LogP contribution >= 0.6 is 35.0 Å². The molecule has 128 valence electrons. The first-order valence-corrected chi connectivity index (χ1v) is 9.12. The molecular formula is C19H12Cl2N4S. The van der Waals surface area contributed by atoms with Crippen molar-refractivity contribution in [3.63, 3.8) is 0 Å². The van der Waals surface area contributed by atoms with Gasteiger partial charge in [0, 0.05) is 20.5 Å². The molecule has 3 N–H and O–H groups in total. The normalized spacial score (nSPS) is 16.7. The summed E-state index contributed by atoms with van der Waals surface area (Å²) < 4.78 is 0. The highest BCUT2D eigenvalue weighted by Crippen LogP contribution is 2.45. The van der Waals surface area contributed by atoms with Gasteiger partial charge in [0.1, 0.15) is 5.82 Å². The van der Waals surface area contributed by atoms with Gasteiger partial charge in [0.05, 0.1) is 34.2 Å². The lowest BCUT2D eigenvalue weighted by Gasteiger charge is -2.27. The van der Waals surface area contributed by atoms with E-state index in [2.05, 4.69) is 17.5 Å². The first-order chi connectivity index (χ1) is 12.6. The largest absolute Gasteiger partial charge is 0.384 e. The number of nitrogens with one attached hydrogen (secondary N) is 1. The predicted molar refractivity (Wildman–Crippen MR) is 104 cm³/mol. The molecule has 1 aliphatic rings. The van der Waals surface area contributed by atoms with E-state index in [1.54, 1.807) is 18.2 Å². The molecule has 0 fully saturated rings. The molecule has 26 heavy (non-hydrogen) atoms. The number of halogens is 2. The van der Waals surface area contributed by atoms with Crippen LogP contribution in [0.4, 0.5) is 0 Å². The summed E-state index contributed by atoms with van der Waals surface area (Å²) in [6.45, 7) is 0. The number of rotatable bonds is 3. The van der Waals surface area contributed by atoms with Crippen LogP contribution in [0, 0.1) is 22.7 Å². The second kappa shape index (κ2) is 7.76. The molecule has 1 unspecified atom stereocenters. The van der Waals surface area contributed by atoms with Gasteiger partial charge >= 0.3 is 0 Å². The first-order valence-electron chi connectivity index (χ1n) is 7.54. The Balaban J connectivity index is 2.19. The zero-order chi connectivity index (χ0) is 18.7. The lowest BCUT2D eigenvalue weighted by atomic mass is 9.84. The van der Waals surface area contributed by atoms with Gasteiger partial charge in [-0.05, 0) is 24.3 Å². The Kier molecular flexibility index (Phi) is 5.44. The van der Waals surface area contributed by atoms with Crippen LogP contribution in [-0.4, -0.2) is 0 Å². The number of allylic oxidation sites excluding steroid dienone is 2. The van der Waals surface area contributed by atoms with E-state index in [9.17, 15) is 10.5 Å². The number of nitriles is 2. The van der Waals surface area contributed by atoms with Crippen LogP contribution < -0.4 is 11.1 Å². The van der Waals surface area contributed by atoms with E-state index in [1.807, 2.05) is 30.3 Å². The molecule has 1 aliphatic heterocycles. The van der Waals surface area contributed by atoms with Gasteiger partial charge in [0.2, 0.25) is 0 Å². The van der Waals surface area contributed by atoms with E-state index >= 15 is 0 Å². The molecule has 7 heteroatoms. The summed E-state index contributed by atoms with van der Waals surface area (Å²) in [5.41, 5.74) is 7.14.